The van der Waals surface area contributed by atoms with Crippen LogP contribution in [0, 0.1) is 11.3 Å². The first-order valence-corrected chi connectivity index (χ1v) is 11.1. The molecule has 2 fully saturated rings. The highest BCUT2D eigenvalue weighted by molar-refractivity contribution is 14.1. The highest BCUT2D eigenvalue weighted by Crippen LogP contribution is 2.57. The van der Waals surface area contributed by atoms with Crippen molar-refractivity contribution in [2.75, 3.05) is 6.54 Å². The zero-order valence-electron chi connectivity index (χ0n) is 14.8. The molecule has 4 atom stereocenters. The number of hydrogen-bond acceptors (Lipinski definition) is 1. The number of fused-ring (bicyclic) bond motifs is 1. The summed E-state index contributed by atoms with van der Waals surface area (Å²) >= 11 is 8.98. The van der Waals surface area contributed by atoms with Crippen LogP contribution in [0.15, 0.2) is 48.5 Å². The van der Waals surface area contributed by atoms with E-state index < -0.39 is 0 Å². The highest BCUT2D eigenvalue weighted by atomic mass is 127. The quantitative estimate of drug-likeness (QED) is 0.445. The number of rotatable bonds is 3. The Bertz CT molecular complexity index is 821. The molecule has 2 nitrogen and oxygen atoms in total. The standard InChI is InChI=1S/C22H23ClINO/c1-22-11-10-17(16-4-2-3-5-19(16)23)20(18(22)13-25-21(22)26)15-8-6-14(12-24)7-9-15/h2-9,17-18,20H,10-13H2,1H3,(H,25,26)/t17-,18-,20-,22+/m0/s1. The number of carbonyl (C=O) groups is 1. The summed E-state index contributed by atoms with van der Waals surface area (Å²) in [5, 5.41) is 3.98. The van der Waals surface area contributed by atoms with Crippen molar-refractivity contribution < 1.29 is 4.79 Å². The fourth-order valence-corrected chi connectivity index (χ4v) is 5.74. The van der Waals surface area contributed by atoms with Crippen LogP contribution in [0.25, 0.3) is 0 Å². The molecule has 2 aromatic carbocycles. The topological polar surface area (TPSA) is 29.1 Å². The van der Waals surface area contributed by atoms with Gasteiger partial charge in [-0.1, -0.05) is 83.6 Å². The Morgan fingerprint density at radius 3 is 2.62 bits per heavy atom. The van der Waals surface area contributed by atoms with Crippen molar-refractivity contribution in [1.29, 1.82) is 0 Å². The first kappa shape index (κ1) is 18.3. The van der Waals surface area contributed by atoms with E-state index in [1.165, 1.54) is 16.7 Å². The van der Waals surface area contributed by atoms with Crippen molar-refractivity contribution in [3.05, 3.63) is 70.2 Å². The van der Waals surface area contributed by atoms with E-state index in [4.69, 9.17) is 11.6 Å². The molecule has 0 aromatic heterocycles. The van der Waals surface area contributed by atoms with E-state index in [1.807, 2.05) is 12.1 Å². The minimum Gasteiger partial charge on any atom is -0.355 e. The molecule has 2 aliphatic rings. The summed E-state index contributed by atoms with van der Waals surface area (Å²) in [6.07, 6.45) is 1.91. The highest BCUT2D eigenvalue weighted by Gasteiger charge is 2.54. The molecule has 1 aliphatic heterocycles. The van der Waals surface area contributed by atoms with Crippen molar-refractivity contribution >= 4 is 40.1 Å². The second-order valence-electron chi connectivity index (χ2n) is 7.80. The molecule has 0 unspecified atom stereocenters. The van der Waals surface area contributed by atoms with Crippen LogP contribution in [0.3, 0.4) is 0 Å². The Morgan fingerprint density at radius 2 is 1.92 bits per heavy atom. The second kappa shape index (κ2) is 7.16. The summed E-state index contributed by atoms with van der Waals surface area (Å²) in [7, 11) is 0. The number of nitrogens with one attached hydrogen (secondary N) is 1. The molecule has 4 rings (SSSR count). The van der Waals surface area contributed by atoms with E-state index in [-0.39, 0.29) is 11.3 Å². The smallest absolute Gasteiger partial charge is 0.226 e. The van der Waals surface area contributed by atoms with Crippen LogP contribution in [0.4, 0.5) is 0 Å². The fraction of sp³-hybridized carbons (Fsp3) is 0.409. The predicted molar refractivity (Wildman–Crippen MR) is 115 cm³/mol. The van der Waals surface area contributed by atoms with E-state index in [0.29, 0.717) is 17.8 Å². The predicted octanol–water partition coefficient (Wildman–Crippen LogP) is 5.69. The lowest BCUT2D eigenvalue weighted by atomic mass is 9.57. The molecule has 0 radical (unpaired) electrons. The van der Waals surface area contributed by atoms with Gasteiger partial charge in [-0.2, -0.15) is 0 Å². The molecule has 0 bridgehead atoms. The lowest BCUT2D eigenvalue weighted by molar-refractivity contribution is -0.129. The summed E-state index contributed by atoms with van der Waals surface area (Å²) in [6.45, 7) is 2.91. The van der Waals surface area contributed by atoms with Gasteiger partial charge in [-0.25, -0.2) is 0 Å². The van der Waals surface area contributed by atoms with Crippen LogP contribution >= 0.6 is 34.2 Å². The van der Waals surface area contributed by atoms with Crippen molar-refractivity contribution in [2.24, 2.45) is 11.3 Å². The zero-order valence-corrected chi connectivity index (χ0v) is 17.8. The number of alkyl halides is 1. The summed E-state index contributed by atoms with van der Waals surface area (Å²) in [6, 6.07) is 17.2. The summed E-state index contributed by atoms with van der Waals surface area (Å²) in [5.74, 6) is 1.17. The van der Waals surface area contributed by atoms with Crippen LogP contribution in [0.2, 0.25) is 5.02 Å². The maximum absolute atomic E-state index is 12.6. The normalized spacial score (nSPS) is 30.7. The van der Waals surface area contributed by atoms with Gasteiger partial charge in [0.1, 0.15) is 0 Å². The summed E-state index contributed by atoms with van der Waals surface area (Å²) < 4.78 is 1.01. The Kier molecular flexibility index (Phi) is 5.04. The summed E-state index contributed by atoms with van der Waals surface area (Å²) in [4.78, 5) is 12.6. The van der Waals surface area contributed by atoms with Gasteiger partial charge in [0.05, 0.1) is 5.41 Å². The number of halogens is 2. The van der Waals surface area contributed by atoms with E-state index in [1.54, 1.807) is 0 Å². The Labute approximate surface area is 173 Å². The van der Waals surface area contributed by atoms with Gasteiger partial charge in [0.2, 0.25) is 5.91 Å². The maximum atomic E-state index is 12.6. The maximum Gasteiger partial charge on any atom is 0.226 e. The van der Waals surface area contributed by atoms with Gasteiger partial charge in [0.25, 0.3) is 0 Å². The van der Waals surface area contributed by atoms with Crippen molar-refractivity contribution in [3.8, 4) is 0 Å². The first-order chi connectivity index (χ1) is 12.5. The fourth-order valence-electron chi connectivity index (χ4n) is 4.95. The van der Waals surface area contributed by atoms with Gasteiger partial charge in [-0.3, -0.25) is 4.79 Å². The number of carbonyl (C=O) groups excluding carboxylic acids is 1. The third-order valence-electron chi connectivity index (χ3n) is 6.48. The molecule has 4 heteroatoms. The average Bonchev–Trinajstić information content (AvgIpc) is 2.97. The van der Waals surface area contributed by atoms with Crippen LogP contribution < -0.4 is 5.32 Å². The molecule has 1 aliphatic carbocycles. The van der Waals surface area contributed by atoms with Crippen LogP contribution in [-0.4, -0.2) is 12.5 Å². The Balaban J connectivity index is 1.80. The van der Waals surface area contributed by atoms with Gasteiger partial charge in [-0.05, 0) is 53.4 Å². The number of hydrogen-bond donors (Lipinski definition) is 1. The van der Waals surface area contributed by atoms with Gasteiger partial charge < -0.3 is 5.32 Å². The summed E-state index contributed by atoms with van der Waals surface area (Å²) in [5.41, 5.74) is 3.61. The average molecular weight is 480 g/mol. The Hall–Kier alpha value is -1.07. The molecular weight excluding hydrogens is 457 g/mol. The van der Waals surface area contributed by atoms with Gasteiger partial charge >= 0.3 is 0 Å². The molecule has 1 saturated carbocycles. The van der Waals surface area contributed by atoms with Crippen molar-refractivity contribution in [1.82, 2.24) is 5.32 Å². The molecule has 0 spiro atoms. The third-order valence-corrected chi connectivity index (χ3v) is 7.71. The Morgan fingerprint density at radius 1 is 1.19 bits per heavy atom. The van der Waals surface area contributed by atoms with Crippen LogP contribution in [0.1, 0.15) is 48.3 Å². The number of amides is 1. The molecule has 1 N–H and O–H groups in total. The molecule has 1 amide bonds. The van der Waals surface area contributed by atoms with Gasteiger partial charge in [-0.15, -0.1) is 0 Å². The SMILES string of the molecule is C[C@@]12CC[C@@H](c3ccccc3Cl)[C@H](c3ccc(CI)cc3)[C@@H]1CNC2=O. The van der Waals surface area contributed by atoms with Gasteiger partial charge in [0, 0.05) is 16.0 Å². The molecule has 136 valence electrons. The molecule has 1 saturated heterocycles. The number of benzene rings is 2. The molecule has 26 heavy (non-hydrogen) atoms. The molecule has 1 heterocycles. The minimum atomic E-state index is -0.273. The largest absolute Gasteiger partial charge is 0.355 e. The lowest BCUT2D eigenvalue weighted by Gasteiger charge is -2.45. The monoisotopic (exact) mass is 479 g/mol. The molecule has 2 aromatic rings. The van der Waals surface area contributed by atoms with Gasteiger partial charge in [0.15, 0.2) is 0 Å². The second-order valence-corrected chi connectivity index (χ2v) is 8.97. The van der Waals surface area contributed by atoms with Crippen molar-refractivity contribution in [3.63, 3.8) is 0 Å². The van der Waals surface area contributed by atoms with Crippen LogP contribution in [-0.2, 0) is 9.22 Å². The van der Waals surface area contributed by atoms with Crippen LogP contribution in [0.5, 0.6) is 0 Å². The molecular formula is C22H23ClINO. The van der Waals surface area contributed by atoms with E-state index >= 15 is 0 Å². The first-order valence-electron chi connectivity index (χ1n) is 9.22. The van der Waals surface area contributed by atoms with E-state index in [0.717, 1.165) is 28.8 Å². The third kappa shape index (κ3) is 2.97. The lowest BCUT2D eigenvalue weighted by Crippen LogP contribution is -2.41. The van der Waals surface area contributed by atoms with E-state index in [9.17, 15) is 4.79 Å². The van der Waals surface area contributed by atoms with E-state index in [2.05, 4.69) is 71.2 Å². The zero-order chi connectivity index (χ0) is 18.3. The van der Waals surface area contributed by atoms with Crippen molar-refractivity contribution in [2.45, 2.75) is 36.0 Å². The minimum absolute atomic E-state index is 0.217.